The highest BCUT2D eigenvalue weighted by molar-refractivity contribution is 5.86. The summed E-state index contributed by atoms with van der Waals surface area (Å²) in [5.41, 5.74) is 0.434. The molecule has 24 heavy (non-hydrogen) atoms. The smallest absolute Gasteiger partial charge is 0.322 e. The van der Waals surface area contributed by atoms with Crippen LogP contribution in [-0.2, 0) is 10.2 Å². The summed E-state index contributed by atoms with van der Waals surface area (Å²) in [5.74, 6) is -0.121. The molecular formula is C19H16FNO3. The number of hydrogen-bond donors (Lipinski definition) is 0. The number of ether oxygens (including phenoxy) is 2. The van der Waals surface area contributed by atoms with E-state index < -0.39 is 5.41 Å². The van der Waals surface area contributed by atoms with E-state index in [0.29, 0.717) is 24.2 Å². The average Bonchev–Trinajstić information content (AvgIpc) is 2.56. The first-order valence-corrected chi connectivity index (χ1v) is 7.65. The lowest BCUT2D eigenvalue weighted by molar-refractivity contribution is -0.144. The summed E-state index contributed by atoms with van der Waals surface area (Å²) in [5, 5.41) is 8.93. The molecule has 0 unspecified atom stereocenters. The fraction of sp³-hybridized carbons (Fsp3) is 0.263. The zero-order valence-electron chi connectivity index (χ0n) is 13.2. The number of nitriles is 1. The molecule has 0 bridgehead atoms. The van der Waals surface area contributed by atoms with Gasteiger partial charge >= 0.3 is 5.97 Å². The lowest BCUT2D eigenvalue weighted by atomic mass is 9.64. The predicted molar refractivity (Wildman–Crippen MR) is 85.3 cm³/mol. The van der Waals surface area contributed by atoms with Gasteiger partial charge in [0.2, 0.25) is 0 Å². The topological polar surface area (TPSA) is 59.3 Å². The van der Waals surface area contributed by atoms with Crippen molar-refractivity contribution in [2.24, 2.45) is 0 Å². The lowest BCUT2D eigenvalue weighted by Gasteiger charge is -2.39. The van der Waals surface area contributed by atoms with Gasteiger partial charge in [-0.1, -0.05) is 18.6 Å². The molecule has 4 nitrogen and oxygen atoms in total. The van der Waals surface area contributed by atoms with Crippen LogP contribution in [-0.4, -0.2) is 13.1 Å². The number of carbonyl (C=O) groups is 1. The van der Waals surface area contributed by atoms with Gasteiger partial charge in [0.25, 0.3) is 0 Å². The molecule has 0 radical (unpaired) electrons. The van der Waals surface area contributed by atoms with Crippen LogP contribution in [0.15, 0.2) is 42.5 Å². The zero-order valence-corrected chi connectivity index (χ0v) is 13.2. The van der Waals surface area contributed by atoms with Crippen LogP contribution in [0.25, 0.3) is 0 Å². The Morgan fingerprint density at radius 2 is 1.88 bits per heavy atom. The van der Waals surface area contributed by atoms with Crippen LogP contribution in [0.4, 0.5) is 4.39 Å². The average molecular weight is 325 g/mol. The van der Waals surface area contributed by atoms with Gasteiger partial charge in [0.05, 0.1) is 24.2 Å². The number of esters is 1. The van der Waals surface area contributed by atoms with Gasteiger partial charge in [0.15, 0.2) is 11.5 Å². The molecule has 3 rings (SSSR count). The number of halogens is 1. The number of carbonyl (C=O) groups excluding carboxylic acids is 1. The molecule has 5 heteroatoms. The summed E-state index contributed by atoms with van der Waals surface area (Å²) in [7, 11) is 1.45. The van der Waals surface area contributed by atoms with Crippen molar-refractivity contribution in [1.29, 1.82) is 5.26 Å². The van der Waals surface area contributed by atoms with Crippen LogP contribution in [0.5, 0.6) is 11.5 Å². The quantitative estimate of drug-likeness (QED) is 0.635. The van der Waals surface area contributed by atoms with E-state index in [4.69, 9.17) is 14.7 Å². The Bertz CT molecular complexity index is 804. The maximum Gasteiger partial charge on any atom is 0.322 e. The molecule has 0 saturated heterocycles. The molecule has 0 aliphatic heterocycles. The third kappa shape index (κ3) is 2.71. The van der Waals surface area contributed by atoms with Crippen molar-refractivity contribution in [3.05, 3.63) is 59.4 Å². The molecule has 0 N–H and O–H groups in total. The molecule has 0 spiro atoms. The predicted octanol–water partition coefficient (Wildman–Crippen LogP) is 3.73. The van der Waals surface area contributed by atoms with Crippen LogP contribution >= 0.6 is 0 Å². The fourth-order valence-corrected chi connectivity index (χ4v) is 2.93. The van der Waals surface area contributed by atoms with Gasteiger partial charge in [0, 0.05) is 6.07 Å². The molecule has 2 aromatic rings. The molecular weight excluding hydrogens is 309 g/mol. The molecule has 0 amide bonds. The van der Waals surface area contributed by atoms with Gasteiger partial charge in [-0.25, -0.2) is 4.39 Å². The highest BCUT2D eigenvalue weighted by atomic mass is 19.1. The summed E-state index contributed by atoms with van der Waals surface area (Å²) in [6.45, 7) is 0. The van der Waals surface area contributed by atoms with Crippen LogP contribution in [0.2, 0.25) is 0 Å². The number of benzene rings is 2. The second-order valence-corrected chi connectivity index (χ2v) is 5.81. The summed E-state index contributed by atoms with van der Waals surface area (Å²) >= 11 is 0. The molecule has 1 aliphatic rings. The fourth-order valence-electron chi connectivity index (χ4n) is 2.93. The van der Waals surface area contributed by atoms with Crippen LogP contribution in [0, 0.1) is 17.1 Å². The van der Waals surface area contributed by atoms with Gasteiger partial charge in [-0.2, -0.15) is 5.26 Å². The zero-order chi connectivity index (χ0) is 17.2. The Kier molecular flexibility index (Phi) is 4.22. The molecule has 1 saturated carbocycles. The van der Waals surface area contributed by atoms with Crippen molar-refractivity contribution in [3.63, 3.8) is 0 Å². The first kappa shape index (κ1) is 16.0. The molecule has 122 valence electrons. The van der Waals surface area contributed by atoms with Crippen molar-refractivity contribution in [2.45, 2.75) is 24.7 Å². The molecule has 1 fully saturated rings. The standard InChI is InChI=1S/C19H16FNO3/c1-23-17-11-13(12-21)3-8-16(17)24-18(22)19(9-2-10-19)14-4-6-15(20)7-5-14/h3-8,11H,2,9-10H2,1H3. The van der Waals surface area contributed by atoms with Gasteiger partial charge in [0.1, 0.15) is 5.82 Å². The van der Waals surface area contributed by atoms with Gasteiger partial charge in [-0.3, -0.25) is 4.79 Å². The normalized spacial score (nSPS) is 15.0. The first-order valence-electron chi connectivity index (χ1n) is 7.65. The van der Waals surface area contributed by atoms with Crippen LogP contribution in [0.3, 0.4) is 0 Å². The van der Waals surface area contributed by atoms with E-state index in [9.17, 15) is 9.18 Å². The van der Waals surface area contributed by atoms with Gasteiger partial charge in [-0.05, 0) is 42.7 Å². The maximum absolute atomic E-state index is 13.2. The number of nitrogens with zero attached hydrogens (tertiary/aromatic N) is 1. The first-order chi connectivity index (χ1) is 11.6. The monoisotopic (exact) mass is 325 g/mol. The number of methoxy groups -OCH3 is 1. The summed E-state index contributed by atoms with van der Waals surface area (Å²) in [6.07, 6.45) is 2.24. The van der Waals surface area contributed by atoms with Crippen LogP contribution in [0.1, 0.15) is 30.4 Å². The van der Waals surface area contributed by atoms with E-state index >= 15 is 0 Å². The third-order valence-electron chi connectivity index (χ3n) is 4.49. The van der Waals surface area contributed by atoms with E-state index in [1.54, 1.807) is 24.3 Å². The Morgan fingerprint density at radius 1 is 1.17 bits per heavy atom. The Morgan fingerprint density at radius 3 is 2.42 bits per heavy atom. The van der Waals surface area contributed by atoms with Crippen molar-refractivity contribution < 1.29 is 18.7 Å². The van der Waals surface area contributed by atoms with Crippen molar-refractivity contribution in [1.82, 2.24) is 0 Å². The molecule has 0 heterocycles. The Balaban J connectivity index is 1.88. The minimum Gasteiger partial charge on any atom is -0.493 e. The van der Waals surface area contributed by atoms with Crippen LogP contribution < -0.4 is 9.47 Å². The minimum absolute atomic E-state index is 0.273. The highest BCUT2D eigenvalue weighted by Crippen LogP contribution is 2.45. The van der Waals surface area contributed by atoms with Crippen molar-refractivity contribution in [2.75, 3.05) is 7.11 Å². The van der Waals surface area contributed by atoms with E-state index in [-0.39, 0.29) is 17.5 Å². The summed E-state index contributed by atoms with van der Waals surface area (Å²) in [4.78, 5) is 12.8. The molecule has 1 aliphatic carbocycles. The van der Waals surface area contributed by atoms with E-state index in [1.165, 1.54) is 25.3 Å². The lowest BCUT2D eigenvalue weighted by Crippen LogP contribution is -2.45. The minimum atomic E-state index is -0.743. The highest BCUT2D eigenvalue weighted by Gasteiger charge is 2.47. The second-order valence-electron chi connectivity index (χ2n) is 5.81. The Labute approximate surface area is 139 Å². The SMILES string of the molecule is COc1cc(C#N)ccc1OC(=O)C1(c2ccc(F)cc2)CCC1. The molecule has 0 aromatic heterocycles. The van der Waals surface area contributed by atoms with E-state index in [1.807, 2.05) is 6.07 Å². The molecule has 0 atom stereocenters. The largest absolute Gasteiger partial charge is 0.493 e. The number of rotatable bonds is 4. The van der Waals surface area contributed by atoms with Gasteiger partial charge in [-0.15, -0.1) is 0 Å². The van der Waals surface area contributed by atoms with Crippen molar-refractivity contribution in [3.8, 4) is 17.6 Å². The maximum atomic E-state index is 13.2. The van der Waals surface area contributed by atoms with E-state index in [2.05, 4.69) is 0 Å². The van der Waals surface area contributed by atoms with Crippen molar-refractivity contribution >= 4 is 5.97 Å². The molecule has 2 aromatic carbocycles. The Hall–Kier alpha value is -2.87. The van der Waals surface area contributed by atoms with Gasteiger partial charge < -0.3 is 9.47 Å². The number of hydrogen-bond acceptors (Lipinski definition) is 4. The second kappa shape index (κ2) is 6.32. The summed E-state index contributed by atoms with van der Waals surface area (Å²) in [6, 6.07) is 12.6. The van der Waals surface area contributed by atoms with E-state index in [0.717, 1.165) is 12.0 Å². The summed E-state index contributed by atoms with van der Waals surface area (Å²) < 4.78 is 23.9. The third-order valence-corrected chi connectivity index (χ3v) is 4.49.